The summed E-state index contributed by atoms with van der Waals surface area (Å²) in [5.74, 6) is 0.758. The Bertz CT molecular complexity index is 1340. The SMILES string of the molecule is COCCN1CCN(Cc2cc(Oc3cnc(N4CCN(CCC(=O)O)CC4)nc3)nc(-c3cc(Cl)cc(Cl)c3)c2)CC1. The van der Waals surface area contributed by atoms with Crippen molar-refractivity contribution in [3.05, 3.63) is 58.3 Å². The molecule has 5 rings (SSSR count). The predicted molar refractivity (Wildman–Crippen MR) is 166 cm³/mol. The summed E-state index contributed by atoms with van der Waals surface area (Å²) in [6.07, 6.45) is 3.46. The van der Waals surface area contributed by atoms with E-state index in [2.05, 4.69) is 35.6 Å². The number of anilines is 1. The lowest BCUT2D eigenvalue weighted by molar-refractivity contribution is -0.137. The van der Waals surface area contributed by atoms with Crippen molar-refractivity contribution in [3.8, 4) is 22.9 Å². The Morgan fingerprint density at radius 3 is 2.14 bits per heavy atom. The summed E-state index contributed by atoms with van der Waals surface area (Å²) in [7, 11) is 1.74. The molecule has 0 spiro atoms. The van der Waals surface area contributed by atoms with Gasteiger partial charge in [0.25, 0.3) is 0 Å². The number of hydrogen-bond acceptors (Lipinski definition) is 10. The number of halogens is 2. The van der Waals surface area contributed by atoms with Crippen molar-refractivity contribution in [1.29, 1.82) is 0 Å². The monoisotopic (exact) mass is 629 g/mol. The van der Waals surface area contributed by atoms with E-state index in [1.165, 1.54) is 0 Å². The van der Waals surface area contributed by atoms with Crippen molar-refractivity contribution in [2.24, 2.45) is 0 Å². The molecule has 0 amide bonds. The Balaban J connectivity index is 1.28. The molecule has 4 heterocycles. The lowest BCUT2D eigenvalue weighted by atomic mass is 10.1. The first kappa shape index (κ1) is 31.4. The van der Waals surface area contributed by atoms with Gasteiger partial charge in [-0.3, -0.25) is 19.5 Å². The van der Waals surface area contributed by atoms with Gasteiger partial charge < -0.3 is 19.5 Å². The fourth-order valence-electron chi connectivity index (χ4n) is 5.27. The number of nitrogens with zero attached hydrogens (tertiary/aromatic N) is 7. The third-order valence-electron chi connectivity index (χ3n) is 7.64. The third-order valence-corrected chi connectivity index (χ3v) is 8.07. The molecular formula is C30H37Cl2N7O4. The maximum atomic E-state index is 10.9. The van der Waals surface area contributed by atoms with Gasteiger partial charge in [0, 0.05) is 101 Å². The molecule has 230 valence electrons. The third kappa shape index (κ3) is 9.21. The zero-order valence-electron chi connectivity index (χ0n) is 24.3. The zero-order chi connectivity index (χ0) is 30.2. The van der Waals surface area contributed by atoms with Crippen molar-refractivity contribution in [2.45, 2.75) is 13.0 Å². The molecule has 0 bridgehead atoms. The summed E-state index contributed by atoms with van der Waals surface area (Å²) in [5.41, 5.74) is 2.59. The van der Waals surface area contributed by atoms with Gasteiger partial charge in [-0.2, -0.15) is 0 Å². The van der Waals surface area contributed by atoms with Gasteiger partial charge in [0.05, 0.1) is 31.1 Å². The first-order chi connectivity index (χ1) is 20.8. The van der Waals surface area contributed by atoms with E-state index >= 15 is 0 Å². The Morgan fingerprint density at radius 2 is 1.49 bits per heavy atom. The van der Waals surface area contributed by atoms with Gasteiger partial charge >= 0.3 is 5.97 Å². The average molecular weight is 631 g/mol. The maximum Gasteiger partial charge on any atom is 0.304 e. The number of rotatable bonds is 12. The number of carboxylic acid groups (broad SMARTS) is 1. The van der Waals surface area contributed by atoms with Crippen LogP contribution >= 0.6 is 23.2 Å². The van der Waals surface area contributed by atoms with Crippen LogP contribution in [0.5, 0.6) is 11.6 Å². The van der Waals surface area contributed by atoms with Crippen LogP contribution in [0, 0.1) is 0 Å². The van der Waals surface area contributed by atoms with Gasteiger partial charge in [-0.05, 0) is 29.8 Å². The van der Waals surface area contributed by atoms with E-state index in [0.29, 0.717) is 39.9 Å². The fraction of sp³-hybridized carbons (Fsp3) is 0.467. The molecule has 0 atom stereocenters. The van der Waals surface area contributed by atoms with E-state index < -0.39 is 5.97 Å². The van der Waals surface area contributed by atoms with Crippen LogP contribution in [0.15, 0.2) is 42.7 Å². The van der Waals surface area contributed by atoms with E-state index in [1.54, 1.807) is 25.6 Å². The highest BCUT2D eigenvalue weighted by atomic mass is 35.5. The Kier molecular flexibility index (Phi) is 11.0. The Hall–Kier alpha value is -3.06. The van der Waals surface area contributed by atoms with Gasteiger partial charge in [0.1, 0.15) is 0 Å². The number of aliphatic carboxylic acids is 1. The molecule has 2 fully saturated rings. The van der Waals surface area contributed by atoms with Gasteiger partial charge in [0.2, 0.25) is 11.8 Å². The van der Waals surface area contributed by atoms with E-state index in [0.717, 1.165) is 83.2 Å². The second-order valence-electron chi connectivity index (χ2n) is 10.8. The normalized spacial score (nSPS) is 16.9. The average Bonchev–Trinajstić information content (AvgIpc) is 3.00. The molecule has 11 nitrogen and oxygen atoms in total. The number of piperazine rings is 2. The molecule has 3 aromatic rings. The minimum Gasteiger partial charge on any atom is -0.481 e. The van der Waals surface area contributed by atoms with Crippen molar-refractivity contribution in [3.63, 3.8) is 0 Å². The molecule has 0 radical (unpaired) electrons. The van der Waals surface area contributed by atoms with Crippen LogP contribution in [0.4, 0.5) is 5.95 Å². The summed E-state index contributed by atoms with van der Waals surface area (Å²) in [6, 6.07) is 9.40. The van der Waals surface area contributed by atoms with Crippen LogP contribution in [-0.4, -0.2) is 120 Å². The first-order valence-electron chi connectivity index (χ1n) is 14.4. The molecule has 2 aromatic heterocycles. The first-order valence-corrected chi connectivity index (χ1v) is 15.2. The highest BCUT2D eigenvalue weighted by molar-refractivity contribution is 6.35. The Labute approximate surface area is 261 Å². The van der Waals surface area contributed by atoms with Crippen molar-refractivity contribution < 1.29 is 19.4 Å². The number of pyridine rings is 1. The number of carboxylic acids is 1. The molecule has 43 heavy (non-hydrogen) atoms. The summed E-state index contributed by atoms with van der Waals surface area (Å²) in [4.78, 5) is 33.8. The quantitative estimate of drug-likeness (QED) is 0.314. The topological polar surface area (TPSA) is 107 Å². The molecule has 13 heteroatoms. The summed E-state index contributed by atoms with van der Waals surface area (Å²) < 4.78 is 11.4. The number of methoxy groups -OCH3 is 1. The highest BCUT2D eigenvalue weighted by Crippen LogP contribution is 2.30. The van der Waals surface area contributed by atoms with Crippen molar-refractivity contribution >= 4 is 35.1 Å². The van der Waals surface area contributed by atoms with Crippen molar-refractivity contribution in [1.82, 2.24) is 29.7 Å². The van der Waals surface area contributed by atoms with Gasteiger partial charge in [-0.15, -0.1) is 0 Å². The van der Waals surface area contributed by atoms with Crippen LogP contribution < -0.4 is 9.64 Å². The smallest absolute Gasteiger partial charge is 0.304 e. The van der Waals surface area contributed by atoms with Gasteiger partial charge in [0.15, 0.2) is 5.75 Å². The number of benzene rings is 1. The van der Waals surface area contributed by atoms with Crippen LogP contribution in [0.25, 0.3) is 11.3 Å². The molecule has 1 N–H and O–H groups in total. The fourth-order valence-corrected chi connectivity index (χ4v) is 5.80. The second-order valence-corrected chi connectivity index (χ2v) is 11.6. The van der Waals surface area contributed by atoms with Crippen LogP contribution in [0.1, 0.15) is 12.0 Å². The van der Waals surface area contributed by atoms with E-state index in [1.807, 2.05) is 18.2 Å². The molecule has 1 aromatic carbocycles. The zero-order valence-corrected chi connectivity index (χ0v) is 25.8. The molecule has 2 saturated heterocycles. The van der Waals surface area contributed by atoms with Gasteiger partial charge in [-0.1, -0.05) is 23.2 Å². The van der Waals surface area contributed by atoms with Crippen LogP contribution in [0.2, 0.25) is 10.0 Å². The molecule has 0 saturated carbocycles. The minimum atomic E-state index is -0.776. The molecule has 2 aliphatic heterocycles. The van der Waals surface area contributed by atoms with E-state index in [4.69, 9.17) is 42.8 Å². The highest BCUT2D eigenvalue weighted by Gasteiger charge is 2.20. The van der Waals surface area contributed by atoms with E-state index in [-0.39, 0.29) is 6.42 Å². The van der Waals surface area contributed by atoms with Crippen LogP contribution in [-0.2, 0) is 16.1 Å². The molecule has 0 aliphatic carbocycles. The number of ether oxygens (including phenoxy) is 2. The summed E-state index contributed by atoms with van der Waals surface area (Å²) in [6.45, 7) is 9.91. The summed E-state index contributed by atoms with van der Waals surface area (Å²) >= 11 is 12.6. The molecule has 2 aliphatic rings. The standard InChI is InChI=1S/C30H37Cl2N7O4/c1-42-13-12-37-4-6-38(7-5-37)21-22-14-27(23-16-24(31)18-25(32)17-23)35-28(15-22)43-26-19-33-30(34-20-26)39-10-8-36(9-11-39)3-2-29(40)41/h14-20H,2-13,21H2,1H3,(H,40,41). The lowest BCUT2D eigenvalue weighted by Crippen LogP contribution is -2.47. The second kappa shape index (κ2) is 15.1. The maximum absolute atomic E-state index is 10.9. The largest absolute Gasteiger partial charge is 0.481 e. The molecule has 0 unspecified atom stereocenters. The molecular weight excluding hydrogens is 593 g/mol. The summed E-state index contributed by atoms with van der Waals surface area (Å²) in [5, 5.41) is 10.0. The van der Waals surface area contributed by atoms with Crippen LogP contribution in [0.3, 0.4) is 0 Å². The number of hydrogen-bond donors (Lipinski definition) is 1. The van der Waals surface area contributed by atoms with E-state index in [9.17, 15) is 4.79 Å². The number of aromatic nitrogens is 3. The Morgan fingerprint density at radius 1 is 0.860 bits per heavy atom. The predicted octanol–water partition coefficient (Wildman–Crippen LogP) is 4.00. The van der Waals surface area contributed by atoms with Gasteiger partial charge in [-0.25, -0.2) is 15.0 Å². The number of carbonyl (C=O) groups is 1. The minimum absolute atomic E-state index is 0.148. The van der Waals surface area contributed by atoms with Crippen molar-refractivity contribution in [2.75, 3.05) is 84.1 Å². The lowest BCUT2D eigenvalue weighted by Gasteiger charge is -2.34.